The average molecular weight is 259 g/mol. The highest BCUT2D eigenvalue weighted by molar-refractivity contribution is 5.27. The SMILES string of the molecule is Cc1ccccc1Cc1noc(CNC(C)(C)C)n1. The summed E-state index contributed by atoms with van der Waals surface area (Å²) in [4.78, 5) is 4.41. The summed E-state index contributed by atoms with van der Waals surface area (Å²) in [5.41, 5.74) is 2.53. The van der Waals surface area contributed by atoms with Gasteiger partial charge in [-0.05, 0) is 38.8 Å². The Kier molecular flexibility index (Phi) is 4.00. The van der Waals surface area contributed by atoms with Crippen LogP contribution >= 0.6 is 0 Å². The van der Waals surface area contributed by atoms with Crippen LogP contribution in [0.3, 0.4) is 0 Å². The van der Waals surface area contributed by atoms with E-state index in [4.69, 9.17) is 4.52 Å². The molecule has 19 heavy (non-hydrogen) atoms. The summed E-state index contributed by atoms with van der Waals surface area (Å²) >= 11 is 0. The Morgan fingerprint density at radius 1 is 1.21 bits per heavy atom. The Labute approximate surface area is 114 Å². The van der Waals surface area contributed by atoms with Crippen LogP contribution in [0.4, 0.5) is 0 Å². The molecule has 0 radical (unpaired) electrons. The second-order valence-electron chi connectivity index (χ2n) is 5.81. The maximum absolute atomic E-state index is 5.25. The number of nitrogens with zero attached hydrogens (tertiary/aromatic N) is 2. The van der Waals surface area contributed by atoms with Gasteiger partial charge in [-0.25, -0.2) is 0 Å². The molecule has 4 heteroatoms. The molecule has 0 aliphatic carbocycles. The van der Waals surface area contributed by atoms with Crippen LogP contribution < -0.4 is 5.32 Å². The van der Waals surface area contributed by atoms with Crippen LogP contribution in [0.5, 0.6) is 0 Å². The maximum atomic E-state index is 5.25. The van der Waals surface area contributed by atoms with Crippen LogP contribution in [-0.2, 0) is 13.0 Å². The molecule has 0 saturated carbocycles. The zero-order chi connectivity index (χ0) is 13.9. The first-order chi connectivity index (χ1) is 8.94. The molecular formula is C15H21N3O. The summed E-state index contributed by atoms with van der Waals surface area (Å²) in [5, 5.41) is 7.36. The predicted octanol–water partition coefficient (Wildman–Crippen LogP) is 2.86. The zero-order valence-electron chi connectivity index (χ0n) is 12.0. The molecule has 2 rings (SSSR count). The summed E-state index contributed by atoms with van der Waals surface area (Å²) in [6.45, 7) is 9.02. The molecule has 1 aromatic carbocycles. The molecule has 0 fully saturated rings. The van der Waals surface area contributed by atoms with Gasteiger partial charge in [-0.2, -0.15) is 4.98 Å². The zero-order valence-corrected chi connectivity index (χ0v) is 12.0. The van der Waals surface area contributed by atoms with Gasteiger partial charge in [0.15, 0.2) is 5.82 Å². The number of hydrogen-bond donors (Lipinski definition) is 1. The quantitative estimate of drug-likeness (QED) is 0.917. The lowest BCUT2D eigenvalue weighted by molar-refractivity contribution is 0.334. The Bertz CT molecular complexity index is 540. The van der Waals surface area contributed by atoms with Gasteiger partial charge in [0.25, 0.3) is 0 Å². The number of aromatic nitrogens is 2. The summed E-state index contributed by atoms with van der Waals surface area (Å²) < 4.78 is 5.25. The Morgan fingerprint density at radius 2 is 1.95 bits per heavy atom. The third kappa shape index (κ3) is 4.17. The van der Waals surface area contributed by atoms with Crippen molar-refractivity contribution in [2.45, 2.75) is 46.2 Å². The van der Waals surface area contributed by atoms with Gasteiger partial charge < -0.3 is 9.84 Å². The molecule has 0 atom stereocenters. The number of rotatable bonds is 4. The van der Waals surface area contributed by atoms with E-state index in [1.165, 1.54) is 11.1 Å². The largest absolute Gasteiger partial charge is 0.338 e. The smallest absolute Gasteiger partial charge is 0.240 e. The van der Waals surface area contributed by atoms with Crippen LogP contribution in [0.1, 0.15) is 43.6 Å². The molecule has 0 bridgehead atoms. The molecule has 1 N–H and O–H groups in total. The first-order valence-electron chi connectivity index (χ1n) is 6.55. The highest BCUT2D eigenvalue weighted by Gasteiger charge is 2.12. The van der Waals surface area contributed by atoms with Crippen LogP contribution in [0, 0.1) is 6.92 Å². The minimum Gasteiger partial charge on any atom is -0.338 e. The molecular weight excluding hydrogens is 238 g/mol. The third-order valence-corrected chi connectivity index (χ3v) is 2.89. The maximum Gasteiger partial charge on any atom is 0.240 e. The third-order valence-electron chi connectivity index (χ3n) is 2.89. The fraction of sp³-hybridized carbons (Fsp3) is 0.467. The van der Waals surface area contributed by atoms with Gasteiger partial charge in [-0.15, -0.1) is 0 Å². The van der Waals surface area contributed by atoms with Crippen LogP contribution in [0.2, 0.25) is 0 Å². The molecule has 102 valence electrons. The van der Waals surface area contributed by atoms with Crippen molar-refractivity contribution in [1.29, 1.82) is 0 Å². The standard InChI is InChI=1S/C15H21N3O/c1-11-7-5-6-8-12(11)9-13-17-14(19-18-13)10-16-15(2,3)4/h5-8,16H,9-10H2,1-4H3. The minimum atomic E-state index is 0.0463. The van der Waals surface area contributed by atoms with Gasteiger partial charge >= 0.3 is 0 Å². The summed E-state index contributed by atoms with van der Waals surface area (Å²) in [5.74, 6) is 1.37. The van der Waals surface area contributed by atoms with Crippen LogP contribution in [-0.4, -0.2) is 15.7 Å². The summed E-state index contributed by atoms with van der Waals surface area (Å²) in [7, 11) is 0. The van der Waals surface area contributed by atoms with Gasteiger partial charge in [0.2, 0.25) is 5.89 Å². The van der Waals surface area contributed by atoms with E-state index in [2.05, 4.69) is 55.3 Å². The Morgan fingerprint density at radius 3 is 2.63 bits per heavy atom. The van der Waals surface area contributed by atoms with E-state index in [0.29, 0.717) is 18.9 Å². The molecule has 0 aliphatic rings. The second kappa shape index (κ2) is 5.53. The van der Waals surface area contributed by atoms with E-state index in [1.54, 1.807) is 0 Å². The molecule has 0 unspecified atom stereocenters. The fourth-order valence-electron chi connectivity index (χ4n) is 1.75. The summed E-state index contributed by atoms with van der Waals surface area (Å²) in [6.07, 6.45) is 0.714. The van der Waals surface area contributed by atoms with Crippen molar-refractivity contribution >= 4 is 0 Å². The molecule has 0 saturated heterocycles. The highest BCUT2D eigenvalue weighted by Crippen LogP contribution is 2.12. The van der Waals surface area contributed by atoms with E-state index in [9.17, 15) is 0 Å². The number of benzene rings is 1. The van der Waals surface area contributed by atoms with Crippen LogP contribution in [0.25, 0.3) is 0 Å². The van der Waals surface area contributed by atoms with Crippen molar-refractivity contribution in [2.75, 3.05) is 0 Å². The lowest BCUT2D eigenvalue weighted by atomic mass is 10.1. The van der Waals surface area contributed by atoms with Crippen molar-refractivity contribution in [2.24, 2.45) is 0 Å². The predicted molar refractivity (Wildman–Crippen MR) is 74.9 cm³/mol. The van der Waals surface area contributed by atoms with Crippen LogP contribution in [0.15, 0.2) is 28.8 Å². The normalized spacial score (nSPS) is 11.8. The molecule has 1 aromatic heterocycles. The lowest BCUT2D eigenvalue weighted by Crippen LogP contribution is -2.35. The first-order valence-corrected chi connectivity index (χ1v) is 6.55. The van der Waals surface area contributed by atoms with Crippen molar-refractivity contribution in [3.63, 3.8) is 0 Å². The van der Waals surface area contributed by atoms with E-state index < -0.39 is 0 Å². The molecule has 0 spiro atoms. The fourth-order valence-corrected chi connectivity index (χ4v) is 1.75. The van der Waals surface area contributed by atoms with Crippen molar-refractivity contribution in [1.82, 2.24) is 15.5 Å². The molecule has 0 amide bonds. The van der Waals surface area contributed by atoms with Gasteiger partial charge in [-0.1, -0.05) is 29.4 Å². The molecule has 2 aromatic rings. The van der Waals surface area contributed by atoms with Gasteiger partial charge in [-0.3, -0.25) is 0 Å². The first kappa shape index (κ1) is 13.7. The molecule has 1 heterocycles. The van der Waals surface area contributed by atoms with Crippen molar-refractivity contribution < 1.29 is 4.52 Å². The number of nitrogens with one attached hydrogen (secondary N) is 1. The Balaban J connectivity index is 2.00. The van der Waals surface area contributed by atoms with E-state index >= 15 is 0 Å². The van der Waals surface area contributed by atoms with Gasteiger partial charge in [0.1, 0.15) is 0 Å². The van der Waals surface area contributed by atoms with Gasteiger partial charge in [0.05, 0.1) is 6.54 Å². The second-order valence-corrected chi connectivity index (χ2v) is 5.81. The molecule has 4 nitrogen and oxygen atoms in total. The average Bonchev–Trinajstić information content (AvgIpc) is 2.77. The van der Waals surface area contributed by atoms with Gasteiger partial charge in [0, 0.05) is 12.0 Å². The lowest BCUT2D eigenvalue weighted by Gasteiger charge is -2.18. The summed E-state index contributed by atoms with van der Waals surface area (Å²) in [6, 6.07) is 8.26. The Hall–Kier alpha value is -1.68. The van der Waals surface area contributed by atoms with E-state index in [-0.39, 0.29) is 5.54 Å². The van der Waals surface area contributed by atoms with Crippen molar-refractivity contribution in [3.8, 4) is 0 Å². The minimum absolute atomic E-state index is 0.0463. The monoisotopic (exact) mass is 259 g/mol. The number of hydrogen-bond acceptors (Lipinski definition) is 4. The van der Waals surface area contributed by atoms with Crippen molar-refractivity contribution in [3.05, 3.63) is 47.1 Å². The topological polar surface area (TPSA) is 51.0 Å². The molecule has 0 aliphatic heterocycles. The number of aryl methyl sites for hydroxylation is 1. The van der Waals surface area contributed by atoms with E-state index in [0.717, 1.165) is 5.82 Å². The highest BCUT2D eigenvalue weighted by atomic mass is 16.5. The van der Waals surface area contributed by atoms with E-state index in [1.807, 2.05) is 12.1 Å².